The lowest BCUT2D eigenvalue weighted by atomic mass is 9.96. The summed E-state index contributed by atoms with van der Waals surface area (Å²) >= 11 is 0. The first kappa shape index (κ1) is 7.54. The number of nitrogens with two attached hydrogens (primary N) is 1. The molecule has 1 fully saturated rings. The Morgan fingerprint density at radius 2 is 2.10 bits per heavy atom. The molecule has 3 heteroatoms. The van der Waals surface area contributed by atoms with Crippen molar-refractivity contribution in [3.63, 3.8) is 0 Å². The third kappa shape index (κ3) is 1.70. The zero-order valence-corrected chi connectivity index (χ0v) is 6.34. The van der Waals surface area contributed by atoms with Crippen LogP contribution in [0.25, 0.3) is 0 Å². The van der Waals surface area contributed by atoms with Crippen molar-refractivity contribution in [2.24, 2.45) is 16.9 Å². The van der Waals surface area contributed by atoms with Gasteiger partial charge in [-0.15, -0.1) is 0 Å². The number of hydrogen-bond acceptors (Lipinski definition) is 3. The highest BCUT2D eigenvalue weighted by Crippen LogP contribution is 2.15. The molecule has 1 heterocycles. The van der Waals surface area contributed by atoms with Crippen LogP contribution in [0.5, 0.6) is 0 Å². The Bertz CT molecular complexity index is 128. The lowest BCUT2D eigenvalue weighted by molar-refractivity contribution is 0.0826. The average molecular weight is 142 g/mol. The van der Waals surface area contributed by atoms with Crippen LogP contribution in [0.15, 0.2) is 5.10 Å². The Hall–Kier alpha value is -0.570. The van der Waals surface area contributed by atoms with Gasteiger partial charge in [-0.1, -0.05) is 0 Å². The van der Waals surface area contributed by atoms with Crippen molar-refractivity contribution in [1.82, 2.24) is 0 Å². The second-order valence-corrected chi connectivity index (χ2v) is 2.66. The first-order valence-electron chi connectivity index (χ1n) is 3.66. The van der Waals surface area contributed by atoms with E-state index in [-0.39, 0.29) is 0 Å². The summed E-state index contributed by atoms with van der Waals surface area (Å²) in [7, 11) is 0. The maximum absolute atomic E-state index is 5.20. The molecule has 0 unspecified atom stereocenters. The van der Waals surface area contributed by atoms with Crippen molar-refractivity contribution < 1.29 is 4.74 Å². The van der Waals surface area contributed by atoms with Crippen molar-refractivity contribution in [3.05, 3.63) is 0 Å². The van der Waals surface area contributed by atoms with Crippen LogP contribution in [0.2, 0.25) is 0 Å². The van der Waals surface area contributed by atoms with Crippen molar-refractivity contribution in [1.29, 1.82) is 0 Å². The zero-order valence-electron chi connectivity index (χ0n) is 6.34. The maximum atomic E-state index is 5.20. The van der Waals surface area contributed by atoms with Crippen LogP contribution in [0.1, 0.15) is 19.8 Å². The average Bonchev–Trinajstić information content (AvgIpc) is 2.05. The summed E-state index contributed by atoms with van der Waals surface area (Å²) in [4.78, 5) is 0. The molecule has 0 amide bonds. The van der Waals surface area contributed by atoms with Gasteiger partial charge in [-0.3, -0.25) is 0 Å². The predicted molar refractivity (Wildman–Crippen MR) is 40.8 cm³/mol. The number of hydrogen-bond donors (Lipinski definition) is 1. The number of rotatable bonds is 1. The maximum Gasteiger partial charge on any atom is 0.0472 e. The van der Waals surface area contributed by atoms with Gasteiger partial charge in [-0.05, 0) is 19.8 Å². The second-order valence-electron chi connectivity index (χ2n) is 2.66. The lowest BCUT2D eigenvalue weighted by Gasteiger charge is -2.20. The summed E-state index contributed by atoms with van der Waals surface area (Å²) in [5.74, 6) is 5.72. The summed E-state index contributed by atoms with van der Waals surface area (Å²) in [6, 6.07) is 0. The normalized spacial score (nSPS) is 23.1. The molecule has 0 aliphatic carbocycles. The SMILES string of the molecule is CC(=NN)C1CCOCC1. The molecule has 10 heavy (non-hydrogen) atoms. The molecular formula is C7H14N2O. The summed E-state index contributed by atoms with van der Waals surface area (Å²) in [6.07, 6.45) is 2.15. The second kappa shape index (κ2) is 3.56. The molecule has 1 aliphatic heterocycles. The Morgan fingerprint density at radius 3 is 2.60 bits per heavy atom. The molecule has 0 aromatic carbocycles. The van der Waals surface area contributed by atoms with E-state index in [9.17, 15) is 0 Å². The van der Waals surface area contributed by atoms with Crippen LogP contribution in [0, 0.1) is 5.92 Å². The molecule has 0 spiro atoms. The van der Waals surface area contributed by atoms with Crippen LogP contribution < -0.4 is 5.84 Å². The molecule has 58 valence electrons. The van der Waals surface area contributed by atoms with E-state index >= 15 is 0 Å². The summed E-state index contributed by atoms with van der Waals surface area (Å²) in [5, 5.41) is 3.67. The van der Waals surface area contributed by atoms with Crippen molar-refractivity contribution in [3.8, 4) is 0 Å². The molecule has 0 radical (unpaired) electrons. The standard InChI is InChI=1S/C7H14N2O/c1-6(9-8)7-2-4-10-5-3-7/h7H,2-5,8H2,1H3. The highest BCUT2D eigenvalue weighted by Gasteiger charge is 2.15. The molecule has 0 saturated carbocycles. The minimum atomic E-state index is 0.568. The van der Waals surface area contributed by atoms with Crippen LogP contribution in [0.4, 0.5) is 0 Å². The first-order chi connectivity index (χ1) is 4.84. The Morgan fingerprint density at radius 1 is 1.50 bits per heavy atom. The third-order valence-corrected chi connectivity index (χ3v) is 2.02. The number of hydrazone groups is 1. The first-order valence-corrected chi connectivity index (χ1v) is 3.66. The van der Waals surface area contributed by atoms with Crippen LogP contribution in [0.3, 0.4) is 0 Å². The van der Waals surface area contributed by atoms with Gasteiger partial charge in [0, 0.05) is 24.8 Å². The van der Waals surface area contributed by atoms with Gasteiger partial charge in [0.05, 0.1) is 0 Å². The summed E-state index contributed by atoms with van der Waals surface area (Å²) in [5.41, 5.74) is 1.06. The smallest absolute Gasteiger partial charge is 0.0472 e. The topological polar surface area (TPSA) is 47.6 Å². The van der Waals surface area contributed by atoms with E-state index in [0.29, 0.717) is 5.92 Å². The highest BCUT2D eigenvalue weighted by atomic mass is 16.5. The van der Waals surface area contributed by atoms with E-state index in [1.165, 1.54) is 0 Å². The monoisotopic (exact) mass is 142 g/mol. The van der Waals surface area contributed by atoms with Crippen molar-refractivity contribution >= 4 is 5.71 Å². The highest BCUT2D eigenvalue weighted by molar-refractivity contribution is 5.84. The Labute approximate surface area is 61.2 Å². The van der Waals surface area contributed by atoms with Crippen LogP contribution in [-0.4, -0.2) is 18.9 Å². The fourth-order valence-corrected chi connectivity index (χ4v) is 1.22. The van der Waals surface area contributed by atoms with Crippen LogP contribution in [-0.2, 0) is 4.74 Å². The van der Waals surface area contributed by atoms with Gasteiger partial charge in [-0.25, -0.2) is 0 Å². The molecule has 0 aromatic rings. The minimum Gasteiger partial charge on any atom is -0.381 e. The van der Waals surface area contributed by atoms with Gasteiger partial charge in [0.1, 0.15) is 0 Å². The number of ether oxygens (including phenoxy) is 1. The van der Waals surface area contributed by atoms with Gasteiger partial charge in [0.15, 0.2) is 0 Å². The molecule has 1 aliphatic rings. The molecule has 1 saturated heterocycles. The predicted octanol–water partition coefficient (Wildman–Crippen LogP) is 0.748. The van der Waals surface area contributed by atoms with Crippen molar-refractivity contribution in [2.45, 2.75) is 19.8 Å². The minimum absolute atomic E-state index is 0.568. The lowest BCUT2D eigenvalue weighted by Crippen LogP contribution is -2.22. The van der Waals surface area contributed by atoms with Crippen molar-refractivity contribution in [2.75, 3.05) is 13.2 Å². The van der Waals surface area contributed by atoms with Gasteiger partial charge in [0.25, 0.3) is 0 Å². The fourth-order valence-electron chi connectivity index (χ4n) is 1.22. The quantitative estimate of drug-likeness (QED) is 0.333. The van der Waals surface area contributed by atoms with E-state index in [4.69, 9.17) is 10.6 Å². The fraction of sp³-hybridized carbons (Fsp3) is 0.857. The molecular weight excluding hydrogens is 128 g/mol. The third-order valence-electron chi connectivity index (χ3n) is 2.02. The largest absolute Gasteiger partial charge is 0.381 e. The summed E-state index contributed by atoms with van der Waals surface area (Å²) in [6.45, 7) is 3.70. The zero-order chi connectivity index (χ0) is 7.40. The van der Waals surface area contributed by atoms with Crippen LogP contribution >= 0.6 is 0 Å². The Balaban J connectivity index is 2.39. The van der Waals surface area contributed by atoms with Gasteiger partial charge in [0.2, 0.25) is 0 Å². The van der Waals surface area contributed by atoms with E-state index < -0.39 is 0 Å². The molecule has 3 nitrogen and oxygen atoms in total. The molecule has 0 aromatic heterocycles. The number of nitrogens with zero attached hydrogens (tertiary/aromatic N) is 1. The molecule has 2 N–H and O–H groups in total. The molecule has 0 atom stereocenters. The molecule has 0 bridgehead atoms. The van der Waals surface area contributed by atoms with E-state index in [1.54, 1.807) is 0 Å². The van der Waals surface area contributed by atoms with E-state index in [0.717, 1.165) is 31.8 Å². The Kier molecular flexibility index (Phi) is 2.68. The van der Waals surface area contributed by atoms with Gasteiger partial charge >= 0.3 is 0 Å². The van der Waals surface area contributed by atoms with Gasteiger partial charge in [-0.2, -0.15) is 5.10 Å². The summed E-state index contributed by atoms with van der Waals surface area (Å²) < 4.78 is 5.20. The van der Waals surface area contributed by atoms with E-state index in [1.807, 2.05) is 6.92 Å². The van der Waals surface area contributed by atoms with Gasteiger partial charge < -0.3 is 10.6 Å². The molecule has 1 rings (SSSR count). The van der Waals surface area contributed by atoms with E-state index in [2.05, 4.69) is 5.10 Å².